The molecule has 0 unspecified atom stereocenters. The summed E-state index contributed by atoms with van der Waals surface area (Å²) in [5, 5.41) is 8.02. The highest BCUT2D eigenvalue weighted by Crippen LogP contribution is 2.56. The fraction of sp³-hybridized carbons (Fsp3) is 0.200. The van der Waals surface area contributed by atoms with Gasteiger partial charge in [-0.25, -0.2) is 13.2 Å². The number of urea groups is 1. The lowest BCUT2D eigenvalue weighted by Gasteiger charge is -2.28. The number of carbonyl (C=O) groups is 3. The zero-order valence-electron chi connectivity index (χ0n) is 24.2. The molecule has 5 rings (SSSR count). The normalized spacial score (nSPS) is 18.9. The summed E-state index contributed by atoms with van der Waals surface area (Å²) >= 11 is 0. The van der Waals surface area contributed by atoms with E-state index in [4.69, 9.17) is 11.5 Å². The Kier molecular flexibility index (Phi) is 10.7. The van der Waals surface area contributed by atoms with Gasteiger partial charge < -0.3 is 25.8 Å². The van der Waals surface area contributed by atoms with Gasteiger partial charge in [0.05, 0.1) is 18.1 Å². The first kappa shape index (κ1) is 33.3. The summed E-state index contributed by atoms with van der Waals surface area (Å²) in [5.41, 5.74) is 10.1. The maximum atomic E-state index is 12.1. The van der Waals surface area contributed by atoms with Gasteiger partial charge in [-0.3, -0.25) is 9.59 Å². The third-order valence-corrected chi connectivity index (χ3v) is 11.4. The number of carbonyl (C=O) groups excluding carboxylic acids is 3. The van der Waals surface area contributed by atoms with Gasteiger partial charge in [0.25, 0.3) is 5.91 Å². The molecule has 2 bridgehead atoms. The van der Waals surface area contributed by atoms with Gasteiger partial charge in [0.1, 0.15) is 35.3 Å². The number of nitrogens with two attached hydrogens (primary N) is 2. The van der Waals surface area contributed by atoms with Crippen LogP contribution in [0.3, 0.4) is 0 Å². The first-order valence-electron chi connectivity index (χ1n) is 13.7. The van der Waals surface area contributed by atoms with Crippen molar-refractivity contribution < 1.29 is 36.5 Å². The molecule has 13 nitrogen and oxygen atoms in total. The molecule has 2 saturated heterocycles. The van der Waals surface area contributed by atoms with Crippen LogP contribution in [0.1, 0.15) is 13.3 Å². The zero-order chi connectivity index (χ0) is 32.6. The fourth-order valence-electron chi connectivity index (χ4n) is 5.18. The fourth-order valence-corrected chi connectivity index (χ4v) is 9.33. The van der Waals surface area contributed by atoms with Gasteiger partial charge in [-0.2, -0.15) is 9.35 Å². The number of nitrogens with zero attached hydrogens (tertiary/aromatic N) is 3. The quantitative estimate of drug-likeness (QED) is 0.140. The second-order valence-electron chi connectivity index (χ2n) is 9.92. The Bertz CT molecular complexity index is 1580. The molecule has 45 heavy (non-hydrogen) atoms. The molecular weight excluding hydrogens is 621 g/mol. The highest BCUT2D eigenvalue weighted by molar-refractivity contribution is 7.98. The summed E-state index contributed by atoms with van der Waals surface area (Å²) in [6.07, 6.45) is 2.02. The summed E-state index contributed by atoms with van der Waals surface area (Å²) in [5.74, 6) is 0.717. The van der Waals surface area contributed by atoms with Gasteiger partial charge in [0, 0.05) is 6.42 Å². The van der Waals surface area contributed by atoms with E-state index < -0.39 is 54.2 Å². The molecule has 3 aromatic rings. The molecule has 2 aliphatic rings. The maximum absolute atomic E-state index is 12.1. The minimum absolute atomic E-state index is 0.000741. The standard InChI is InChI=1S/C21H20P.C9H13N5O8S/c1-2-18-22(19-12-6-3-7-13-19,20-14-8-4-9-15-20)21-16-10-5-11-17-21;10-7(15)3-21-12-4-1-5(8(11)16)13-2-6(4)14(9(13)17)22-23(18,19)20/h2-18H,1H3;5-6H,1-3H2,(H2,10,15)(H2,11,16)(H,18,19,20)/q+1;/p-1/t;5-,6-/m.0/s1. The Balaban J connectivity index is 0.000000205. The van der Waals surface area contributed by atoms with Crippen molar-refractivity contribution in [3.8, 4) is 0 Å². The number of rotatable bonds is 10. The van der Waals surface area contributed by atoms with Crippen LogP contribution in [0.25, 0.3) is 0 Å². The highest BCUT2D eigenvalue weighted by atomic mass is 32.3. The van der Waals surface area contributed by atoms with E-state index in [2.05, 4.69) is 124 Å². The summed E-state index contributed by atoms with van der Waals surface area (Å²) in [6.45, 7) is 1.35. The number of allylic oxidation sites excluding steroid dienone is 1. The lowest BCUT2D eigenvalue weighted by molar-refractivity contribution is -0.123. The molecule has 3 aromatic carbocycles. The summed E-state index contributed by atoms with van der Waals surface area (Å²) < 4.78 is 36.3. The molecule has 0 aliphatic carbocycles. The predicted octanol–water partition coefficient (Wildman–Crippen LogP) is 1.11. The minimum atomic E-state index is -5.23. The van der Waals surface area contributed by atoms with Crippen molar-refractivity contribution in [2.45, 2.75) is 25.4 Å². The molecule has 2 fully saturated rings. The Labute approximate surface area is 261 Å². The van der Waals surface area contributed by atoms with E-state index in [1.165, 1.54) is 15.9 Å². The number of benzene rings is 3. The van der Waals surface area contributed by atoms with Gasteiger partial charge in [0.2, 0.25) is 16.3 Å². The van der Waals surface area contributed by atoms with Gasteiger partial charge in [-0.05, 0) is 43.3 Å². The number of amides is 4. The van der Waals surface area contributed by atoms with E-state index in [9.17, 15) is 27.4 Å². The van der Waals surface area contributed by atoms with Crippen molar-refractivity contribution >= 4 is 57.1 Å². The molecule has 2 atom stereocenters. The van der Waals surface area contributed by atoms with Gasteiger partial charge in [-0.15, -0.1) is 0 Å². The molecule has 2 heterocycles. The topological polar surface area (TPSA) is 198 Å². The smallest absolute Gasteiger partial charge is 0.346 e. The van der Waals surface area contributed by atoms with Gasteiger partial charge in [-0.1, -0.05) is 65.8 Å². The number of hydrogen-bond donors (Lipinski definition) is 2. The van der Waals surface area contributed by atoms with Crippen molar-refractivity contribution in [2.24, 2.45) is 16.6 Å². The van der Waals surface area contributed by atoms with Crippen LogP contribution >= 0.6 is 7.26 Å². The summed E-state index contributed by atoms with van der Waals surface area (Å²) in [7, 11) is -6.97. The number of hydrogen-bond acceptors (Lipinski definition) is 9. The van der Waals surface area contributed by atoms with Gasteiger partial charge in [0.15, 0.2) is 6.61 Å². The minimum Gasteiger partial charge on any atom is -0.724 e. The van der Waals surface area contributed by atoms with Crippen LogP contribution in [0.4, 0.5) is 4.79 Å². The first-order chi connectivity index (χ1) is 21.5. The molecule has 0 spiro atoms. The highest BCUT2D eigenvalue weighted by Gasteiger charge is 2.52. The molecule has 0 saturated carbocycles. The largest absolute Gasteiger partial charge is 0.724 e. The molecule has 0 radical (unpaired) electrons. The van der Waals surface area contributed by atoms with Crippen LogP contribution in [0.5, 0.6) is 0 Å². The van der Waals surface area contributed by atoms with Crippen LogP contribution in [0.2, 0.25) is 0 Å². The van der Waals surface area contributed by atoms with Crippen molar-refractivity contribution in [3.63, 3.8) is 0 Å². The van der Waals surface area contributed by atoms with Crippen LogP contribution in [-0.2, 0) is 29.1 Å². The number of piperidine rings is 1. The molecule has 4 N–H and O–H groups in total. The average Bonchev–Trinajstić information content (AvgIpc) is 3.28. The van der Waals surface area contributed by atoms with Crippen LogP contribution in [-0.4, -0.2) is 71.7 Å². The Morgan fingerprint density at radius 2 is 1.44 bits per heavy atom. The third-order valence-electron chi connectivity index (χ3n) is 7.00. The van der Waals surface area contributed by atoms with E-state index in [0.717, 1.165) is 4.90 Å². The maximum Gasteiger partial charge on any atom is 0.346 e. The van der Waals surface area contributed by atoms with Crippen molar-refractivity contribution in [3.05, 3.63) is 103 Å². The molecule has 15 heteroatoms. The number of fused-ring (bicyclic) bond motifs is 2. The second-order valence-corrected chi connectivity index (χ2v) is 14.2. The Morgan fingerprint density at radius 3 is 1.84 bits per heavy atom. The van der Waals surface area contributed by atoms with E-state index in [1.807, 2.05) is 0 Å². The van der Waals surface area contributed by atoms with Crippen molar-refractivity contribution in [1.82, 2.24) is 9.96 Å². The molecule has 236 valence electrons. The zero-order valence-corrected chi connectivity index (χ0v) is 25.9. The summed E-state index contributed by atoms with van der Waals surface area (Å²) in [4.78, 5) is 39.7. The van der Waals surface area contributed by atoms with Crippen LogP contribution in [0, 0.1) is 0 Å². The van der Waals surface area contributed by atoms with Crippen LogP contribution in [0.15, 0.2) is 108 Å². The lowest BCUT2D eigenvalue weighted by atomic mass is 9.98. The predicted molar refractivity (Wildman–Crippen MR) is 169 cm³/mol. The van der Waals surface area contributed by atoms with Crippen LogP contribution < -0.4 is 27.4 Å². The lowest BCUT2D eigenvalue weighted by Crippen LogP contribution is -2.51. The van der Waals surface area contributed by atoms with E-state index in [1.54, 1.807) is 0 Å². The average molecular weight is 654 g/mol. The number of oxime groups is 1. The monoisotopic (exact) mass is 653 g/mol. The molecular formula is C30H32N5O8PS. The Hall–Kier alpha value is -4.62. The molecule has 0 aromatic heterocycles. The van der Waals surface area contributed by atoms with E-state index in [0.29, 0.717) is 0 Å². The van der Waals surface area contributed by atoms with Crippen molar-refractivity contribution in [2.75, 3.05) is 13.2 Å². The van der Waals surface area contributed by atoms with Gasteiger partial charge >= 0.3 is 6.03 Å². The first-order valence-corrected chi connectivity index (χ1v) is 16.9. The van der Waals surface area contributed by atoms with Crippen molar-refractivity contribution in [1.29, 1.82) is 0 Å². The van der Waals surface area contributed by atoms with E-state index >= 15 is 0 Å². The summed E-state index contributed by atoms with van der Waals surface area (Å²) in [6, 6.07) is 29.4. The van der Waals surface area contributed by atoms with E-state index in [-0.39, 0.29) is 23.7 Å². The molecule has 2 aliphatic heterocycles. The Morgan fingerprint density at radius 1 is 0.956 bits per heavy atom. The second kappa shape index (κ2) is 14.4. The third kappa shape index (κ3) is 7.73. The SMILES string of the molecule is CC=C[P+](c1ccccc1)(c1ccccc1)c1ccccc1.NC(=O)CON=C1C[C@@H](C(N)=O)N2C[C@@H]1N(OS(=O)(=O)[O-])C2=O. The number of hydroxylamine groups is 2. The number of primary amides is 2. The molecule has 4 amide bonds.